The number of nitrogens with one attached hydrogen (secondary N) is 1. The first-order valence-electron chi connectivity index (χ1n) is 8.47. The Balaban J connectivity index is 0.00000312. The zero-order chi connectivity index (χ0) is 17.6. The monoisotopic (exact) mass is 390 g/mol. The third-order valence-electron chi connectivity index (χ3n) is 4.46. The topological polar surface area (TPSA) is 98.5 Å². The van der Waals surface area contributed by atoms with Crippen LogP contribution in [0.25, 0.3) is 0 Å². The quantitative estimate of drug-likeness (QED) is 0.697. The Hall–Kier alpha value is -1.15. The largest absolute Gasteiger partial charge is 0.462 e. The molecule has 2 rings (SSSR count). The van der Waals surface area contributed by atoms with Crippen molar-refractivity contribution in [2.45, 2.75) is 50.0 Å². The van der Waals surface area contributed by atoms with Gasteiger partial charge in [-0.1, -0.05) is 19.3 Å². The van der Waals surface area contributed by atoms with Gasteiger partial charge in [-0.2, -0.15) is 0 Å². The van der Waals surface area contributed by atoms with Crippen molar-refractivity contribution >= 4 is 28.4 Å². The van der Waals surface area contributed by atoms with Crippen LogP contribution in [0.3, 0.4) is 0 Å². The summed E-state index contributed by atoms with van der Waals surface area (Å²) in [4.78, 5) is 11.8. The Morgan fingerprint density at radius 2 is 1.84 bits per heavy atom. The first-order valence-corrected chi connectivity index (χ1v) is 9.96. The third-order valence-corrected chi connectivity index (χ3v) is 5.96. The van der Waals surface area contributed by atoms with Crippen molar-refractivity contribution in [1.29, 1.82) is 0 Å². The van der Waals surface area contributed by atoms with Gasteiger partial charge in [0.25, 0.3) is 0 Å². The van der Waals surface area contributed by atoms with Crippen molar-refractivity contribution in [2.75, 3.05) is 13.2 Å². The molecule has 0 radical (unpaired) electrons. The van der Waals surface area contributed by atoms with Crippen LogP contribution in [0.5, 0.6) is 0 Å². The number of rotatable bonds is 7. The molecule has 1 aliphatic rings. The molecule has 1 fully saturated rings. The first kappa shape index (κ1) is 21.9. The molecule has 0 aliphatic heterocycles. The normalized spacial score (nSPS) is 16.7. The minimum absolute atomic E-state index is 0. The Bertz CT molecular complexity index is 643. The molecule has 1 unspecified atom stereocenters. The summed E-state index contributed by atoms with van der Waals surface area (Å²) < 4.78 is 32.8. The van der Waals surface area contributed by atoms with Gasteiger partial charge >= 0.3 is 5.97 Å². The molecule has 142 valence electrons. The second-order valence-corrected chi connectivity index (χ2v) is 7.82. The van der Waals surface area contributed by atoms with Crippen molar-refractivity contribution in [1.82, 2.24) is 4.72 Å². The third kappa shape index (κ3) is 5.95. The number of hydrogen-bond acceptors (Lipinski definition) is 5. The van der Waals surface area contributed by atoms with Gasteiger partial charge in [0.15, 0.2) is 0 Å². The number of carbonyl (C=O) groups is 1. The van der Waals surface area contributed by atoms with E-state index in [-0.39, 0.29) is 42.4 Å². The van der Waals surface area contributed by atoms with Crippen molar-refractivity contribution in [3.05, 3.63) is 29.8 Å². The molecule has 1 aliphatic carbocycles. The predicted molar refractivity (Wildman–Crippen MR) is 99.4 cm³/mol. The van der Waals surface area contributed by atoms with Crippen LogP contribution in [0.1, 0.15) is 49.4 Å². The Morgan fingerprint density at radius 1 is 1.24 bits per heavy atom. The molecule has 1 atom stereocenters. The van der Waals surface area contributed by atoms with Crippen LogP contribution >= 0.6 is 12.4 Å². The number of carbonyl (C=O) groups excluding carboxylic acids is 1. The van der Waals surface area contributed by atoms with Crippen LogP contribution < -0.4 is 10.5 Å². The molecule has 0 aromatic heterocycles. The molecule has 0 spiro atoms. The summed E-state index contributed by atoms with van der Waals surface area (Å²) in [5, 5.41) is 0. The van der Waals surface area contributed by atoms with Crippen LogP contribution in [0.15, 0.2) is 29.2 Å². The first-order chi connectivity index (χ1) is 11.5. The molecule has 25 heavy (non-hydrogen) atoms. The van der Waals surface area contributed by atoms with Crippen LogP contribution in [0.2, 0.25) is 0 Å². The maximum absolute atomic E-state index is 12.6. The summed E-state index contributed by atoms with van der Waals surface area (Å²) >= 11 is 0. The Labute approximate surface area is 156 Å². The van der Waals surface area contributed by atoms with E-state index < -0.39 is 16.0 Å². The average molecular weight is 391 g/mol. The van der Waals surface area contributed by atoms with Crippen molar-refractivity contribution < 1.29 is 17.9 Å². The molecule has 1 aromatic carbocycles. The number of esters is 1. The number of sulfonamides is 1. The van der Waals surface area contributed by atoms with Gasteiger partial charge in [-0.15, -0.1) is 12.4 Å². The van der Waals surface area contributed by atoms with E-state index in [1.165, 1.54) is 30.7 Å². The van der Waals surface area contributed by atoms with Gasteiger partial charge < -0.3 is 10.5 Å². The van der Waals surface area contributed by atoms with Gasteiger partial charge in [0.2, 0.25) is 10.0 Å². The number of ether oxygens (including phenoxy) is 1. The fourth-order valence-electron chi connectivity index (χ4n) is 3.13. The van der Waals surface area contributed by atoms with Crippen LogP contribution in [-0.2, 0) is 14.8 Å². The lowest BCUT2D eigenvalue weighted by Gasteiger charge is -2.29. The minimum atomic E-state index is -3.66. The average Bonchev–Trinajstić information content (AvgIpc) is 2.61. The van der Waals surface area contributed by atoms with E-state index in [0.717, 1.165) is 25.7 Å². The summed E-state index contributed by atoms with van der Waals surface area (Å²) in [6, 6.07) is 5.52. The smallest absolute Gasteiger partial charge is 0.338 e. The molecule has 0 heterocycles. The van der Waals surface area contributed by atoms with Crippen molar-refractivity contribution in [3.63, 3.8) is 0 Å². The number of hydrogen-bond donors (Lipinski definition) is 2. The highest BCUT2D eigenvalue weighted by Gasteiger charge is 2.27. The van der Waals surface area contributed by atoms with E-state index in [0.29, 0.717) is 5.56 Å². The highest BCUT2D eigenvalue weighted by atomic mass is 35.5. The number of halogens is 1. The highest BCUT2D eigenvalue weighted by Crippen LogP contribution is 2.27. The zero-order valence-corrected chi connectivity index (χ0v) is 16.1. The molecule has 6 nitrogen and oxygen atoms in total. The minimum Gasteiger partial charge on any atom is -0.462 e. The van der Waals surface area contributed by atoms with Gasteiger partial charge in [0, 0.05) is 12.6 Å². The summed E-state index contributed by atoms with van der Waals surface area (Å²) in [6.45, 7) is 2.28. The van der Waals surface area contributed by atoms with Gasteiger partial charge in [0.05, 0.1) is 17.1 Å². The Kier molecular flexibility index (Phi) is 8.85. The molecule has 0 bridgehead atoms. The fraction of sp³-hybridized carbons (Fsp3) is 0.588. The number of nitrogens with two attached hydrogens (primary N) is 1. The van der Waals surface area contributed by atoms with E-state index in [4.69, 9.17) is 10.5 Å². The predicted octanol–water partition coefficient (Wildman–Crippen LogP) is 2.47. The summed E-state index contributed by atoms with van der Waals surface area (Å²) in [7, 11) is -3.66. The fourth-order valence-corrected chi connectivity index (χ4v) is 4.44. The lowest BCUT2D eigenvalue weighted by atomic mass is 9.84. The van der Waals surface area contributed by atoms with Crippen LogP contribution in [-0.4, -0.2) is 33.6 Å². The van der Waals surface area contributed by atoms with E-state index >= 15 is 0 Å². The number of benzene rings is 1. The zero-order valence-electron chi connectivity index (χ0n) is 14.4. The van der Waals surface area contributed by atoms with E-state index in [2.05, 4.69) is 4.72 Å². The summed E-state index contributed by atoms with van der Waals surface area (Å²) in [6.07, 6.45) is 5.46. The molecule has 0 saturated heterocycles. The van der Waals surface area contributed by atoms with Crippen LogP contribution in [0, 0.1) is 5.92 Å². The van der Waals surface area contributed by atoms with Crippen LogP contribution in [0.4, 0.5) is 0 Å². The maximum atomic E-state index is 12.6. The van der Waals surface area contributed by atoms with E-state index in [1.807, 2.05) is 0 Å². The molecular formula is C17H27ClN2O4S. The highest BCUT2D eigenvalue weighted by molar-refractivity contribution is 7.89. The molecule has 3 N–H and O–H groups in total. The molecular weight excluding hydrogens is 364 g/mol. The van der Waals surface area contributed by atoms with E-state index in [9.17, 15) is 13.2 Å². The van der Waals surface area contributed by atoms with Gasteiger partial charge in [-0.3, -0.25) is 0 Å². The molecule has 8 heteroatoms. The Morgan fingerprint density at radius 3 is 2.36 bits per heavy atom. The maximum Gasteiger partial charge on any atom is 0.338 e. The molecule has 0 amide bonds. The van der Waals surface area contributed by atoms with Gasteiger partial charge in [0.1, 0.15) is 0 Å². The second-order valence-electron chi connectivity index (χ2n) is 6.11. The summed E-state index contributed by atoms with van der Waals surface area (Å²) in [5.41, 5.74) is 6.13. The van der Waals surface area contributed by atoms with Gasteiger partial charge in [-0.25, -0.2) is 17.9 Å². The molecule has 1 aromatic rings. The van der Waals surface area contributed by atoms with E-state index in [1.54, 1.807) is 6.92 Å². The standard InChI is InChI=1S/C17H26N2O4S.ClH/c1-2-23-17(20)14-8-10-15(11-9-14)24(21,22)19-16(12-18)13-6-4-3-5-7-13;/h8-11,13,16,19H,2-7,12,18H2,1H3;1H. The van der Waals surface area contributed by atoms with Gasteiger partial charge in [-0.05, 0) is 49.9 Å². The van der Waals surface area contributed by atoms with Crippen molar-refractivity contribution in [3.8, 4) is 0 Å². The lowest BCUT2D eigenvalue weighted by molar-refractivity contribution is 0.0526. The lowest BCUT2D eigenvalue weighted by Crippen LogP contribution is -2.45. The van der Waals surface area contributed by atoms with Crippen molar-refractivity contribution in [2.24, 2.45) is 11.7 Å². The SMILES string of the molecule is CCOC(=O)c1ccc(S(=O)(=O)NC(CN)C2CCCCC2)cc1.Cl. The summed E-state index contributed by atoms with van der Waals surface area (Å²) in [5.74, 6) is -0.172. The molecule has 1 saturated carbocycles. The second kappa shape index (κ2) is 10.1.